The summed E-state index contributed by atoms with van der Waals surface area (Å²) in [6.45, 7) is 4.06. The molecule has 0 aromatic carbocycles. The fourth-order valence-corrected chi connectivity index (χ4v) is 2.86. The Labute approximate surface area is 137 Å². The smallest absolute Gasteiger partial charge is 0.226 e. The van der Waals surface area contributed by atoms with Crippen molar-refractivity contribution in [1.82, 2.24) is 9.80 Å². The minimum atomic E-state index is -0.436. The molecule has 0 bridgehead atoms. The summed E-state index contributed by atoms with van der Waals surface area (Å²) in [5.41, 5.74) is 3.21. The van der Waals surface area contributed by atoms with Gasteiger partial charge in [0.2, 0.25) is 5.91 Å². The Bertz CT molecular complexity index is 574. The third-order valence-corrected chi connectivity index (χ3v) is 4.29. The first kappa shape index (κ1) is 17.5. The molecule has 1 amide bonds. The lowest BCUT2D eigenvalue weighted by molar-refractivity contribution is -0.129. The fraction of sp³-hybridized carbons (Fsp3) is 0.556. The number of hydrogen-bond donors (Lipinski definition) is 0. The second-order valence-corrected chi connectivity index (χ2v) is 6.04. The molecule has 1 unspecified atom stereocenters. The summed E-state index contributed by atoms with van der Waals surface area (Å²) >= 11 is 0. The van der Waals surface area contributed by atoms with Crippen LogP contribution in [0.2, 0.25) is 0 Å². The van der Waals surface area contributed by atoms with Crippen LogP contribution in [0, 0.1) is 0 Å². The summed E-state index contributed by atoms with van der Waals surface area (Å²) in [7, 11) is 3.86. The van der Waals surface area contributed by atoms with Crippen molar-refractivity contribution < 1.29 is 13.9 Å². The molecule has 0 radical (unpaired) electrons. The number of halogens is 1. The Morgan fingerprint density at radius 3 is 2.96 bits per heavy atom. The summed E-state index contributed by atoms with van der Waals surface area (Å²) in [6.07, 6.45) is 6.72. The Hall–Kier alpha value is -1.84. The van der Waals surface area contributed by atoms with E-state index in [-0.39, 0.29) is 12.3 Å². The van der Waals surface area contributed by atoms with E-state index in [1.165, 1.54) is 18.6 Å². The average molecular weight is 320 g/mol. The zero-order chi connectivity index (χ0) is 16.8. The number of hydrogen-bond acceptors (Lipinski definition) is 3. The van der Waals surface area contributed by atoms with E-state index in [9.17, 15) is 9.18 Å². The third-order valence-electron chi connectivity index (χ3n) is 4.29. The van der Waals surface area contributed by atoms with E-state index in [4.69, 9.17) is 4.74 Å². The van der Waals surface area contributed by atoms with E-state index >= 15 is 0 Å². The second kappa shape index (κ2) is 8.14. The predicted octanol–water partition coefficient (Wildman–Crippen LogP) is 2.80. The van der Waals surface area contributed by atoms with Crippen LogP contribution >= 0.6 is 0 Å². The first-order chi connectivity index (χ1) is 11.0. The number of carbonyl (C=O) groups is 1. The molecule has 4 nitrogen and oxygen atoms in total. The van der Waals surface area contributed by atoms with Crippen molar-refractivity contribution in [2.24, 2.45) is 0 Å². The quantitative estimate of drug-likeness (QED) is 0.706. The number of ether oxygens (including phenoxy) is 1. The summed E-state index contributed by atoms with van der Waals surface area (Å²) < 4.78 is 19.5. The molecule has 0 N–H and O–H groups in total. The number of carbonyl (C=O) groups excluding carboxylic acids is 1. The van der Waals surface area contributed by atoms with E-state index in [2.05, 4.69) is 17.7 Å². The maximum atomic E-state index is 14.2. The van der Waals surface area contributed by atoms with E-state index in [1.54, 1.807) is 18.0 Å². The summed E-state index contributed by atoms with van der Waals surface area (Å²) in [6, 6.07) is 0.400. The van der Waals surface area contributed by atoms with E-state index in [0.717, 1.165) is 13.0 Å². The standard InChI is InChI=1S/C18H25FN2O2/c1-4-23-16-9-5-7-14(17(19)12-16)11-18(22)21(3)13-15-8-6-10-20(15)2/h7,9,12,15H,4,6,8,10-11,13H2,1-3H3. The van der Waals surface area contributed by atoms with Gasteiger partial charge < -0.3 is 14.5 Å². The predicted molar refractivity (Wildman–Crippen MR) is 88.4 cm³/mol. The molecule has 2 rings (SSSR count). The van der Waals surface area contributed by atoms with Gasteiger partial charge in [0.25, 0.3) is 0 Å². The second-order valence-electron chi connectivity index (χ2n) is 6.04. The Morgan fingerprint density at radius 1 is 1.52 bits per heavy atom. The largest absolute Gasteiger partial charge is 0.493 e. The minimum Gasteiger partial charge on any atom is -0.493 e. The molecule has 1 atom stereocenters. The van der Waals surface area contributed by atoms with Gasteiger partial charge in [-0.25, -0.2) is 4.39 Å². The van der Waals surface area contributed by atoms with Gasteiger partial charge in [0.1, 0.15) is 11.6 Å². The van der Waals surface area contributed by atoms with Crippen LogP contribution in [0.1, 0.15) is 26.2 Å². The van der Waals surface area contributed by atoms with Crippen LogP contribution in [-0.2, 0) is 9.53 Å². The zero-order valence-corrected chi connectivity index (χ0v) is 14.1. The molecule has 0 aromatic heterocycles. The van der Waals surface area contributed by atoms with Crippen molar-refractivity contribution in [3.8, 4) is 0 Å². The Balaban J connectivity index is 1.98. The highest BCUT2D eigenvalue weighted by Crippen LogP contribution is 2.21. The zero-order valence-electron chi connectivity index (χ0n) is 14.1. The lowest BCUT2D eigenvalue weighted by atomic mass is 10.1. The fourth-order valence-electron chi connectivity index (χ4n) is 2.86. The Kier molecular flexibility index (Phi) is 6.20. The van der Waals surface area contributed by atoms with Crippen LogP contribution in [0.4, 0.5) is 4.39 Å². The van der Waals surface area contributed by atoms with Crippen molar-refractivity contribution in [3.05, 3.63) is 41.1 Å². The lowest BCUT2D eigenvalue weighted by Gasteiger charge is -2.26. The van der Waals surface area contributed by atoms with Gasteiger partial charge in [0, 0.05) is 37.4 Å². The van der Waals surface area contributed by atoms with Gasteiger partial charge in [-0.1, -0.05) is 0 Å². The maximum Gasteiger partial charge on any atom is 0.226 e. The lowest BCUT2D eigenvalue weighted by Crippen LogP contribution is -2.39. The highest BCUT2D eigenvalue weighted by Gasteiger charge is 2.24. The molecule has 1 fully saturated rings. The molecule has 1 saturated heterocycles. The van der Waals surface area contributed by atoms with Crippen LogP contribution < -0.4 is 0 Å². The van der Waals surface area contributed by atoms with Crippen molar-refractivity contribution in [3.63, 3.8) is 0 Å². The van der Waals surface area contributed by atoms with Crippen molar-refractivity contribution in [2.45, 2.75) is 32.2 Å². The van der Waals surface area contributed by atoms with Crippen LogP contribution in [0.3, 0.4) is 0 Å². The third kappa shape index (κ3) is 4.81. The topological polar surface area (TPSA) is 32.8 Å². The molecule has 0 aromatic rings. The molecule has 2 aliphatic rings. The molecule has 1 aliphatic heterocycles. The number of nitrogens with zero attached hydrogens (tertiary/aromatic N) is 2. The number of allylic oxidation sites excluding steroid dienone is 3. The number of rotatable bonds is 6. The molecule has 5 heteroatoms. The minimum absolute atomic E-state index is 0.0372. The molecular formula is C18H25FN2O2. The summed E-state index contributed by atoms with van der Waals surface area (Å²) in [5, 5.41) is 0. The monoisotopic (exact) mass is 320 g/mol. The van der Waals surface area contributed by atoms with Gasteiger partial charge in [-0.05, 0) is 39.4 Å². The van der Waals surface area contributed by atoms with Gasteiger partial charge in [-0.3, -0.25) is 4.79 Å². The van der Waals surface area contributed by atoms with Gasteiger partial charge in [0.05, 0.1) is 13.0 Å². The van der Waals surface area contributed by atoms with Gasteiger partial charge in [-0.2, -0.15) is 0 Å². The molecule has 126 valence electrons. The summed E-state index contributed by atoms with van der Waals surface area (Å²) in [5.74, 6) is -0.0965. The molecule has 1 aliphatic carbocycles. The molecule has 0 saturated carbocycles. The molecule has 0 spiro atoms. The van der Waals surface area contributed by atoms with Crippen molar-refractivity contribution >= 4 is 5.91 Å². The summed E-state index contributed by atoms with van der Waals surface area (Å²) in [4.78, 5) is 16.3. The highest BCUT2D eigenvalue weighted by atomic mass is 19.1. The van der Waals surface area contributed by atoms with E-state index < -0.39 is 5.83 Å². The van der Waals surface area contributed by atoms with E-state index in [0.29, 0.717) is 30.5 Å². The molecule has 23 heavy (non-hydrogen) atoms. The van der Waals surface area contributed by atoms with Crippen LogP contribution in [0.25, 0.3) is 0 Å². The first-order valence-corrected chi connectivity index (χ1v) is 8.11. The first-order valence-electron chi connectivity index (χ1n) is 8.11. The van der Waals surface area contributed by atoms with Crippen LogP contribution in [0.5, 0.6) is 0 Å². The van der Waals surface area contributed by atoms with Crippen LogP contribution in [0.15, 0.2) is 41.1 Å². The van der Waals surface area contributed by atoms with Gasteiger partial charge in [0.15, 0.2) is 0 Å². The van der Waals surface area contributed by atoms with Gasteiger partial charge >= 0.3 is 0 Å². The van der Waals surface area contributed by atoms with Crippen molar-refractivity contribution in [2.75, 3.05) is 33.8 Å². The van der Waals surface area contributed by atoms with Crippen molar-refractivity contribution in [1.29, 1.82) is 0 Å². The normalized spacial score (nSPS) is 21.4. The highest BCUT2D eigenvalue weighted by molar-refractivity contribution is 5.79. The van der Waals surface area contributed by atoms with Gasteiger partial charge in [-0.15, -0.1) is 5.73 Å². The Morgan fingerprint density at radius 2 is 2.30 bits per heavy atom. The number of likely N-dealkylation sites (tertiary alicyclic amines) is 1. The van der Waals surface area contributed by atoms with E-state index in [1.807, 2.05) is 6.92 Å². The van der Waals surface area contributed by atoms with Crippen LogP contribution in [-0.4, -0.2) is 55.5 Å². The SMILES string of the molecule is CCOC1=CC(F)=C(CC(=O)N(C)CC2CCCN2C)C=C=C1. The number of amides is 1. The number of likely N-dealkylation sites (N-methyl/N-ethyl adjacent to an activating group) is 2. The molecule has 1 heterocycles. The average Bonchev–Trinajstić information content (AvgIpc) is 2.82. The molecular weight excluding hydrogens is 295 g/mol. The maximum absolute atomic E-state index is 14.2.